The van der Waals surface area contributed by atoms with Crippen molar-refractivity contribution in [3.05, 3.63) is 51.1 Å². The molecule has 0 radical (unpaired) electrons. The maximum Gasteiger partial charge on any atom is 0.408 e. The molecule has 4 N–H and O–H groups in total. The van der Waals surface area contributed by atoms with Crippen LogP contribution in [0.2, 0.25) is 0 Å². The number of aromatic amines is 1. The Kier molecular flexibility index (Phi) is 7.76. The number of hydrogen-bond acceptors (Lipinski definition) is 5. The van der Waals surface area contributed by atoms with Gasteiger partial charge in [-0.1, -0.05) is 0 Å². The molecule has 1 aromatic heterocycles. The third-order valence-electron chi connectivity index (χ3n) is 5.40. The number of amides is 2. The number of halogens is 4. The summed E-state index contributed by atoms with van der Waals surface area (Å²) in [5, 5.41) is 13.8. The Balaban J connectivity index is 1.68. The molecule has 2 heterocycles. The lowest BCUT2D eigenvalue weighted by atomic mass is 9.94. The minimum absolute atomic E-state index is 0.0512. The molecule has 1 aliphatic heterocycles. The maximum atomic E-state index is 14.3. The van der Waals surface area contributed by atoms with Crippen LogP contribution in [0.4, 0.5) is 22.4 Å². The molecule has 0 fully saturated rings. The van der Waals surface area contributed by atoms with E-state index in [2.05, 4.69) is 15.6 Å². The van der Waals surface area contributed by atoms with Gasteiger partial charge in [0.2, 0.25) is 5.91 Å². The lowest BCUT2D eigenvalue weighted by molar-refractivity contribution is -0.139. The second-order valence-electron chi connectivity index (χ2n) is 9.27. The topological polar surface area (TPSA) is 125 Å². The number of fused-ring (bicyclic) bond motifs is 1. The normalized spacial score (nSPS) is 15.8. The molecule has 36 heavy (non-hydrogen) atoms. The number of benzene rings is 1. The Morgan fingerprint density at radius 1 is 1.22 bits per heavy atom. The lowest BCUT2D eigenvalue weighted by Crippen LogP contribution is -2.49. The van der Waals surface area contributed by atoms with E-state index >= 15 is 0 Å². The van der Waals surface area contributed by atoms with Crippen molar-refractivity contribution < 1.29 is 41.8 Å². The third kappa shape index (κ3) is 6.04. The van der Waals surface area contributed by atoms with Crippen LogP contribution in [0.5, 0.6) is 0 Å². The Morgan fingerprint density at radius 2 is 1.83 bits per heavy atom. The molecule has 2 aromatic rings. The highest BCUT2D eigenvalue weighted by Crippen LogP contribution is 2.36. The van der Waals surface area contributed by atoms with Crippen molar-refractivity contribution in [1.29, 1.82) is 0 Å². The van der Waals surface area contributed by atoms with Crippen LogP contribution >= 0.6 is 12.2 Å². The molecular formula is C22H24F4N4O5S. The van der Waals surface area contributed by atoms with E-state index in [1.807, 2.05) is 0 Å². The standard InChI is InChI=1S/C22H24F4N4O5S/c1-22(2,3)35-21(34)29-13(19(32)33)7-27-15(31)6-12-14-4-9(8-30(14)20(36)28-12)16-17(25)10(23)5-11(24)18(16)26/h5,9,13H,4,6-8H2,1-3H3,(H,27,31)(H,28,36)(H,29,34)(H,32,33). The SMILES string of the molecule is CC(C)(C)OC(=O)NC(CNC(=O)Cc1[nH]c(=S)n2c1CC(c1c(F)c(F)cc(F)c1F)C2)C(=O)O. The number of carboxylic acid groups (broad SMARTS) is 1. The minimum Gasteiger partial charge on any atom is -0.480 e. The minimum atomic E-state index is -1.52. The number of H-pyrrole nitrogens is 1. The Labute approximate surface area is 207 Å². The van der Waals surface area contributed by atoms with Crippen LogP contribution in [0.25, 0.3) is 0 Å². The fourth-order valence-corrected chi connectivity index (χ4v) is 4.19. The highest BCUT2D eigenvalue weighted by atomic mass is 32.1. The molecule has 0 aliphatic carbocycles. The summed E-state index contributed by atoms with van der Waals surface area (Å²) in [7, 11) is 0. The van der Waals surface area contributed by atoms with Crippen molar-refractivity contribution in [3.8, 4) is 0 Å². The molecule has 0 saturated carbocycles. The summed E-state index contributed by atoms with van der Waals surface area (Å²) >= 11 is 5.20. The molecule has 0 saturated heterocycles. The number of carbonyl (C=O) groups is 3. The monoisotopic (exact) mass is 532 g/mol. The van der Waals surface area contributed by atoms with E-state index in [-0.39, 0.29) is 30.2 Å². The number of carboxylic acids is 1. The van der Waals surface area contributed by atoms with E-state index in [1.54, 1.807) is 20.8 Å². The number of nitrogens with one attached hydrogen (secondary N) is 3. The molecule has 9 nitrogen and oxygen atoms in total. The van der Waals surface area contributed by atoms with Gasteiger partial charge in [0.15, 0.2) is 28.0 Å². The van der Waals surface area contributed by atoms with Crippen LogP contribution < -0.4 is 10.6 Å². The summed E-state index contributed by atoms with van der Waals surface area (Å²) in [5.41, 5.74) is -0.876. The third-order valence-corrected chi connectivity index (χ3v) is 5.73. The maximum absolute atomic E-state index is 14.3. The van der Waals surface area contributed by atoms with Crippen molar-refractivity contribution in [3.63, 3.8) is 0 Å². The zero-order chi connectivity index (χ0) is 26.9. The molecule has 2 unspecified atom stereocenters. The fraction of sp³-hybridized carbons (Fsp3) is 0.455. The predicted octanol–water partition coefficient (Wildman–Crippen LogP) is 3.08. The van der Waals surface area contributed by atoms with Crippen molar-refractivity contribution in [2.45, 2.75) is 57.7 Å². The zero-order valence-corrected chi connectivity index (χ0v) is 20.3. The Hall–Kier alpha value is -3.42. The van der Waals surface area contributed by atoms with Crippen molar-refractivity contribution in [2.75, 3.05) is 6.54 Å². The van der Waals surface area contributed by atoms with Gasteiger partial charge in [-0.25, -0.2) is 27.2 Å². The number of rotatable bonds is 7. The van der Waals surface area contributed by atoms with E-state index < -0.39 is 70.9 Å². The molecule has 1 aromatic carbocycles. The largest absolute Gasteiger partial charge is 0.480 e. The van der Waals surface area contributed by atoms with Gasteiger partial charge in [-0.2, -0.15) is 0 Å². The molecule has 3 rings (SSSR count). The summed E-state index contributed by atoms with van der Waals surface area (Å²) < 4.78 is 62.6. The number of imidazole rings is 1. The molecule has 2 amide bonds. The van der Waals surface area contributed by atoms with Crippen LogP contribution in [0.3, 0.4) is 0 Å². The van der Waals surface area contributed by atoms with Crippen molar-refractivity contribution >= 4 is 30.2 Å². The van der Waals surface area contributed by atoms with Crippen LogP contribution in [-0.4, -0.2) is 50.8 Å². The molecular weight excluding hydrogens is 508 g/mol. The highest BCUT2D eigenvalue weighted by Gasteiger charge is 2.34. The fourth-order valence-electron chi connectivity index (χ4n) is 3.88. The first-order chi connectivity index (χ1) is 16.7. The van der Waals surface area contributed by atoms with E-state index in [1.165, 1.54) is 4.57 Å². The number of aliphatic carboxylic acids is 1. The second kappa shape index (κ2) is 10.3. The highest BCUT2D eigenvalue weighted by molar-refractivity contribution is 7.71. The molecule has 14 heteroatoms. The average molecular weight is 533 g/mol. The smallest absolute Gasteiger partial charge is 0.408 e. The Morgan fingerprint density at radius 3 is 2.39 bits per heavy atom. The number of aromatic nitrogens is 2. The van der Waals surface area contributed by atoms with Gasteiger partial charge in [-0.15, -0.1) is 0 Å². The quantitative estimate of drug-likeness (QED) is 0.247. The first-order valence-electron chi connectivity index (χ1n) is 10.8. The lowest BCUT2D eigenvalue weighted by Gasteiger charge is -2.22. The van der Waals surface area contributed by atoms with Crippen LogP contribution in [0.1, 0.15) is 43.6 Å². The number of ether oxygens (including phenoxy) is 1. The van der Waals surface area contributed by atoms with Gasteiger partial charge in [0.25, 0.3) is 0 Å². The molecule has 2 atom stereocenters. The first-order valence-corrected chi connectivity index (χ1v) is 11.2. The molecule has 0 spiro atoms. The van der Waals surface area contributed by atoms with E-state index in [9.17, 15) is 37.1 Å². The average Bonchev–Trinajstić information content (AvgIpc) is 3.29. The van der Waals surface area contributed by atoms with Crippen molar-refractivity contribution in [1.82, 2.24) is 20.2 Å². The van der Waals surface area contributed by atoms with Gasteiger partial charge in [0.1, 0.15) is 11.6 Å². The van der Waals surface area contributed by atoms with E-state index in [4.69, 9.17) is 17.0 Å². The van der Waals surface area contributed by atoms with Gasteiger partial charge < -0.3 is 30.0 Å². The van der Waals surface area contributed by atoms with E-state index in [0.29, 0.717) is 11.4 Å². The number of nitrogens with zero attached hydrogens (tertiary/aromatic N) is 1. The van der Waals surface area contributed by atoms with Gasteiger partial charge in [-0.3, -0.25) is 4.79 Å². The van der Waals surface area contributed by atoms with Crippen LogP contribution in [0.15, 0.2) is 6.07 Å². The summed E-state index contributed by atoms with van der Waals surface area (Å²) in [5.74, 6) is -9.01. The van der Waals surface area contributed by atoms with Gasteiger partial charge in [-0.05, 0) is 39.4 Å². The zero-order valence-electron chi connectivity index (χ0n) is 19.5. The van der Waals surface area contributed by atoms with E-state index in [0.717, 1.165) is 0 Å². The number of alkyl carbamates (subject to hydrolysis) is 1. The van der Waals surface area contributed by atoms with Crippen molar-refractivity contribution in [2.24, 2.45) is 0 Å². The summed E-state index contributed by atoms with van der Waals surface area (Å²) in [6, 6.07) is -1.34. The first kappa shape index (κ1) is 27.2. The summed E-state index contributed by atoms with van der Waals surface area (Å²) in [6.45, 7) is 4.28. The Bertz CT molecular complexity index is 1240. The molecule has 1 aliphatic rings. The van der Waals surface area contributed by atoms with Crippen LogP contribution in [-0.2, 0) is 33.7 Å². The second-order valence-corrected chi connectivity index (χ2v) is 9.65. The van der Waals surface area contributed by atoms with Crippen LogP contribution in [0, 0.1) is 28.0 Å². The summed E-state index contributed by atoms with van der Waals surface area (Å²) in [4.78, 5) is 38.6. The van der Waals surface area contributed by atoms with Gasteiger partial charge >= 0.3 is 12.1 Å². The van der Waals surface area contributed by atoms with Gasteiger partial charge in [0.05, 0.1) is 6.42 Å². The van der Waals surface area contributed by atoms with Gasteiger partial charge in [0, 0.05) is 42.0 Å². The number of carbonyl (C=O) groups excluding carboxylic acids is 2. The molecule has 0 bridgehead atoms. The predicted molar refractivity (Wildman–Crippen MR) is 120 cm³/mol. The number of hydrogen-bond donors (Lipinski definition) is 4. The molecule has 196 valence electrons. The summed E-state index contributed by atoms with van der Waals surface area (Å²) in [6.07, 6.45) is -1.33.